The Morgan fingerprint density at radius 3 is 2.75 bits per heavy atom. The molecule has 2 N–H and O–H groups in total. The van der Waals surface area contributed by atoms with E-state index < -0.39 is 0 Å². The zero-order chi connectivity index (χ0) is 11.8. The van der Waals surface area contributed by atoms with Gasteiger partial charge in [-0.05, 0) is 13.5 Å². The van der Waals surface area contributed by atoms with Gasteiger partial charge in [-0.25, -0.2) is 4.98 Å². The molecule has 90 valence electrons. The molecule has 0 aliphatic rings. The van der Waals surface area contributed by atoms with Crippen molar-refractivity contribution < 1.29 is 4.74 Å². The van der Waals surface area contributed by atoms with E-state index in [1.807, 2.05) is 6.92 Å². The van der Waals surface area contributed by atoms with Gasteiger partial charge in [0, 0.05) is 20.2 Å². The van der Waals surface area contributed by atoms with Gasteiger partial charge in [0.1, 0.15) is 5.82 Å². The summed E-state index contributed by atoms with van der Waals surface area (Å²) in [7, 11) is 1.69. The normalized spacial score (nSPS) is 12.4. The average Bonchev–Trinajstić information content (AvgIpc) is 2.34. The van der Waals surface area contributed by atoms with Crippen LogP contribution >= 0.6 is 0 Å². The van der Waals surface area contributed by atoms with Crippen molar-refractivity contribution in [2.45, 2.75) is 26.5 Å². The summed E-state index contributed by atoms with van der Waals surface area (Å²) < 4.78 is 5.13. The third-order valence-electron chi connectivity index (χ3n) is 2.23. The largest absolute Gasteiger partial charge is 0.380 e. The van der Waals surface area contributed by atoms with Crippen molar-refractivity contribution in [3.63, 3.8) is 0 Å². The summed E-state index contributed by atoms with van der Waals surface area (Å²) in [5.74, 6) is 0.782. The molecule has 1 aromatic rings. The van der Waals surface area contributed by atoms with Gasteiger partial charge >= 0.3 is 0 Å². The van der Waals surface area contributed by atoms with E-state index >= 15 is 0 Å². The molecule has 1 rings (SSSR count). The minimum Gasteiger partial charge on any atom is -0.380 e. The molecule has 1 unspecified atom stereocenters. The third-order valence-corrected chi connectivity index (χ3v) is 2.23. The number of nitrogens with zero attached hydrogens (tertiary/aromatic N) is 2. The Morgan fingerprint density at radius 1 is 1.38 bits per heavy atom. The molecule has 0 aromatic carbocycles. The highest BCUT2D eigenvalue weighted by Crippen LogP contribution is 2.01. The lowest BCUT2D eigenvalue weighted by Crippen LogP contribution is -2.19. The van der Waals surface area contributed by atoms with Crippen molar-refractivity contribution in [3.8, 4) is 0 Å². The minimum absolute atomic E-state index is 0.170. The van der Waals surface area contributed by atoms with Crippen molar-refractivity contribution in [2.75, 3.05) is 25.5 Å². The van der Waals surface area contributed by atoms with E-state index in [1.54, 1.807) is 19.5 Å². The molecule has 0 amide bonds. The van der Waals surface area contributed by atoms with Gasteiger partial charge in [-0.2, -0.15) is 0 Å². The van der Waals surface area contributed by atoms with Gasteiger partial charge in [0.2, 0.25) is 0 Å². The molecule has 1 atom stereocenters. The first kappa shape index (κ1) is 12.9. The van der Waals surface area contributed by atoms with Crippen LogP contribution in [-0.4, -0.2) is 36.3 Å². The number of hydrogen-bond acceptors (Lipinski definition) is 5. The Balaban J connectivity index is 2.38. The van der Waals surface area contributed by atoms with Crippen molar-refractivity contribution in [3.05, 3.63) is 18.1 Å². The first-order valence-electron chi connectivity index (χ1n) is 5.54. The molecule has 0 spiro atoms. The monoisotopic (exact) mass is 224 g/mol. The topological polar surface area (TPSA) is 59.1 Å². The van der Waals surface area contributed by atoms with E-state index in [4.69, 9.17) is 4.74 Å². The van der Waals surface area contributed by atoms with Gasteiger partial charge < -0.3 is 15.4 Å². The summed E-state index contributed by atoms with van der Waals surface area (Å²) in [6.07, 6.45) is 3.69. The first-order valence-corrected chi connectivity index (χ1v) is 5.54. The summed E-state index contributed by atoms with van der Waals surface area (Å²) in [6, 6.07) is 0. The van der Waals surface area contributed by atoms with Gasteiger partial charge in [-0.3, -0.25) is 4.98 Å². The van der Waals surface area contributed by atoms with Crippen LogP contribution in [-0.2, 0) is 11.3 Å². The van der Waals surface area contributed by atoms with Crippen LogP contribution in [0.1, 0.15) is 19.5 Å². The highest BCUT2D eigenvalue weighted by molar-refractivity contribution is 5.30. The molecule has 0 fully saturated rings. The van der Waals surface area contributed by atoms with Crippen LogP contribution in [0.5, 0.6) is 0 Å². The maximum atomic E-state index is 5.13. The number of aromatic nitrogens is 2. The van der Waals surface area contributed by atoms with Crippen molar-refractivity contribution in [1.82, 2.24) is 15.3 Å². The van der Waals surface area contributed by atoms with Gasteiger partial charge in [-0.15, -0.1) is 0 Å². The second-order valence-electron chi connectivity index (χ2n) is 3.60. The van der Waals surface area contributed by atoms with E-state index in [0.29, 0.717) is 0 Å². The zero-order valence-electron chi connectivity index (χ0n) is 10.2. The van der Waals surface area contributed by atoms with Crippen LogP contribution in [0.2, 0.25) is 0 Å². The molecule has 0 radical (unpaired) electrons. The highest BCUT2D eigenvalue weighted by atomic mass is 16.5. The lowest BCUT2D eigenvalue weighted by atomic mass is 10.4. The zero-order valence-corrected chi connectivity index (χ0v) is 10.2. The maximum Gasteiger partial charge on any atom is 0.144 e. The second-order valence-corrected chi connectivity index (χ2v) is 3.60. The number of methoxy groups -OCH3 is 1. The fraction of sp³-hybridized carbons (Fsp3) is 0.636. The average molecular weight is 224 g/mol. The maximum absolute atomic E-state index is 5.13. The number of rotatable bonds is 7. The third kappa shape index (κ3) is 4.55. The highest BCUT2D eigenvalue weighted by Gasteiger charge is 2.00. The van der Waals surface area contributed by atoms with E-state index in [2.05, 4.69) is 27.5 Å². The lowest BCUT2D eigenvalue weighted by Gasteiger charge is -2.11. The predicted molar refractivity (Wildman–Crippen MR) is 64.4 cm³/mol. The van der Waals surface area contributed by atoms with Crippen molar-refractivity contribution in [1.29, 1.82) is 0 Å². The summed E-state index contributed by atoms with van der Waals surface area (Å²) in [5.41, 5.74) is 0.951. The fourth-order valence-electron chi connectivity index (χ4n) is 1.12. The minimum atomic E-state index is 0.170. The van der Waals surface area contributed by atoms with Gasteiger partial charge in [-0.1, -0.05) is 6.92 Å². The summed E-state index contributed by atoms with van der Waals surface area (Å²) in [4.78, 5) is 8.56. The smallest absolute Gasteiger partial charge is 0.144 e. The van der Waals surface area contributed by atoms with Crippen LogP contribution in [0.25, 0.3) is 0 Å². The molecule has 1 aromatic heterocycles. The van der Waals surface area contributed by atoms with Crippen LogP contribution in [0, 0.1) is 0 Å². The van der Waals surface area contributed by atoms with Gasteiger partial charge in [0.05, 0.1) is 24.2 Å². The first-order chi connectivity index (χ1) is 7.76. The van der Waals surface area contributed by atoms with Crippen LogP contribution < -0.4 is 10.6 Å². The van der Waals surface area contributed by atoms with Gasteiger partial charge in [0.25, 0.3) is 0 Å². The molecule has 5 nitrogen and oxygen atoms in total. The molecule has 16 heavy (non-hydrogen) atoms. The van der Waals surface area contributed by atoms with Crippen LogP contribution in [0.3, 0.4) is 0 Å². The Morgan fingerprint density at radius 2 is 2.19 bits per heavy atom. The van der Waals surface area contributed by atoms with E-state index in [0.717, 1.165) is 31.1 Å². The summed E-state index contributed by atoms with van der Waals surface area (Å²) in [6.45, 7) is 6.50. The molecular formula is C11H20N4O. The molecule has 0 bridgehead atoms. The van der Waals surface area contributed by atoms with Crippen molar-refractivity contribution >= 4 is 5.82 Å². The standard InChI is InChI=1S/C11H20N4O/c1-4-12-6-10-7-15-11(8-13-10)14-5-9(2)16-3/h7-9,12H,4-6H2,1-3H3,(H,14,15). The Bertz CT molecular complexity index is 289. The molecule has 0 saturated heterocycles. The Hall–Kier alpha value is -1.20. The summed E-state index contributed by atoms with van der Waals surface area (Å²) >= 11 is 0. The molecule has 1 heterocycles. The molecule has 0 aliphatic carbocycles. The molecule has 0 aliphatic heterocycles. The predicted octanol–water partition coefficient (Wildman–Crippen LogP) is 1.03. The van der Waals surface area contributed by atoms with Crippen molar-refractivity contribution in [2.24, 2.45) is 0 Å². The quantitative estimate of drug-likeness (QED) is 0.724. The Kier molecular flexibility index (Phi) is 5.74. The molecule has 0 saturated carbocycles. The second kappa shape index (κ2) is 7.14. The number of hydrogen-bond donors (Lipinski definition) is 2. The summed E-state index contributed by atoms with van der Waals surface area (Å²) in [5, 5.41) is 6.36. The lowest BCUT2D eigenvalue weighted by molar-refractivity contribution is 0.128. The number of nitrogens with one attached hydrogen (secondary N) is 2. The SMILES string of the molecule is CCNCc1cnc(NCC(C)OC)cn1. The molecular weight excluding hydrogens is 204 g/mol. The Labute approximate surface area is 96.6 Å². The van der Waals surface area contributed by atoms with E-state index in [9.17, 15) is 0 Å². The fourth-order valence-corrected chi connectivity index (χ4v) is 1.12. The van der Waals surface area contributed by atoms with Gasteiger partial charge in [0.15, 0.2) is 0 Å². The van der Waals surface area contributed by atoms with E-state index in [-0.39, 0.29) is 6.10 Å². The number of anilines is 1. The van der Waals surface area contributed by atoms with E-state index in [1.165, 1.54) is 0 Å². The van der Waals surface area contributed by atoms with Crippen LogP contribution in [0.15, 0.2) is 12.4 Å². The molecule has 5 heteroatoms. The van der Waals surface area contributed by atoms with Crippen LogP contribution in [0.4, 0.5) is 5.82 Å². The number of ether oxygens (including phenoxy) is 1.